The Morgan fingerprint density at radius 3 is 2.61 bits per heavy atom. The maximum Gasteiger partial charge on any atom is 0.191 e. The molecule has 4 nitrogen and oxygen atoms in total. The lowest BCUT2D eigenvalue weighted by Gasteiger charge is -2.23. The molecule has 0 radical (unpaired) electrons. The second-order valence-electron chi connectivity index (χ2n) is 5.56. The van der Waals surface area contributed by atoms with E-state index in [4.69, 9.17) is 4.74 Å². The monoisotopic (exact) mass is 369 g/mol. The van der Waals surface area contributed by atoms with Gasteiger partial charge in [-0.15, -0.1) is 24.0 Å². The minimum absolute atomic E-state index is 0. The van der Waals surface area contributed by atoms with E-state index in [9.17, 15) is 0 Å². The van der Waals surface area contributed by atoms with Crippen LogP contribution in [-0.4, -0.2) is 37.3 Å². The zero-order valence-corrected chi connectivity index (χ0v) is 14.4. The molecule has 0 aromatic carbocycles. The highest BCUT2D eigenvalue weighted by molar-refractivity contribution is 14.0. The summed E-state index contributed by atoms with van der Waals surface area (Å²) in [5, 5.41) is 6.64. The van der Waals surface area contributed by atoms with Gasteiger partial charge in [0.15, 0.2) is 5.96 Å². The number of guanidine groups is 1. The third kappa shape index (κ3) is 8.13. The average Bonchev–Trinajstić information content (AvgIpc) is 2.68. The van der Waals surface area contributed by atoms with E-state index in [1.54, 1.807) is 0 Å². The standard InChI is InChI=1S/C13H27N3O.HI/c1-5-14-12(16-13(2,3)4)15-9-8-11-7-6-10-17-11;/h11H,5-10H2,1-4H3,(H2,14,15,16);1H. The molecule has 0 bridgehead atoms. The van der Waals surface area contributed by atoms with Crippen LogP contribution in [0.4, 0.5) is 0 Å². The molecule has 0 saturated carbocycles. The molecule has 1 aliphatic rings. The molecule has 108 valence electrons. The van der Waals surface area contributed by atoms with Crippen LogP contribution in [0.3, 0.4) is 0 Å². The van der Waals surface area contributed by atoms with E-state index in [1.165, 1.54) is 12.8 Å². The first-order valence-electron chi connectivity index (χ1n) is 6.69. The van der Waals surface area contributed by atoms with Crippen molar-refractivity contribution in [1.82, 2.24) is 10.6 Å². The predicted octanol–water partition coefficient (Wildman–Crippen LogP) is 2.53. The molecule has 0 aromatic heterocycles. The Bertz CT molecular complexity index is 245. The molecule has 18 heavy (non-hydrogen) atoms. The van der Waals surface area contributed by atoms with Crippen molar-refractivity contribution in [2.75, 3.05) is 19.7 Å². The Morgan fingerprint density at radius 2 is 2.11 bits per heavy atom. The number of halogens is 1. The van der Waals surface area contributed by atoms with Gasteiger partial charge in [0.05, 0.1) is 6.10 Å². The Labute approximate surface area is 128 Å². The lowest BCUT2D eigenvalue weighted by Crippen LogP contribution is -2.47. The van der Waals surface area contributed by atoms with Crippen molar-refractivity contribution in [1.29, 1.82) is 0 Å². The van der Waals surface area contributed by atoms with Crippen molar-refractivity contribution in [3.63, 3.8) is 0 Å². The largest absolute Gasteiger partial charge is 0.378 e. The van der Waals surface area contributed by atoms with E-state index in [0.29, 0.717) is 6.10 Å². The summed E-state index contributed by atoms with van der Waals surface area (Å²) in [6.07, 6.45) is 3.85. The number of ether oxygens (including phenoxy) is 1. The highest BCUT2D eigenvalue weighted by Gasteiger charge is 2.15. The van der Waals surface area contributed by atoms with Gasteiger partial charge in [-0.05, 0) is 47.0 Å². The van der Waals surface area contributed by atoms with Crippen molar-refractivity contribution < 1.29 is 4.74 Å². The molecule has 1 rings (SSSR count). The Hall–Kier alpha value is -0.0400. The molecule has 1 unspecified atom stereocenters. The summed E-state index contributed by atoms with van der Waals surface area (Å²) in [6.45, 7) is 11.1. The van der Waals surface area contributed by atoms with E-state index in [0.717, 1.165) is 32.1 Å². The van der Waals surface area contributed by atoms with Gasteiger partial charge in [-0.25, -0.2) is 0 Å². The molecule has 2 N–H and O–H groups in total. The lowest BCUT2D eigenvalue weighted by atomic mass is 10.1. The van der Waals surface area contributed by atoms with E-state index < -0.39 is 0 Å². The predicted molar refractivity (Wildman–Crippen MR) is 87.9 cm³/mol. The van der Waals surface area contributed by atoms with Crippen LogP contribution in [0.15, 0.2) is 4.99 Å². The Balaban J connectivity index is 0.00000289. The van der Waals surface area contributed by atoms with Crippen LogP contribution in [0.2, 0.25) is 0 Å². The summed E-state index contributed by atoms with van der Waals surface area (Å²) in [5.41, 5.74) is 0.0465. The molecule has 1 aliphatic heterocycles. The minimum atomic E-state index is 0. The SMILES string of the molecule is CCNC(=NCCC1CCCO1)NC(C)(C)C.I. The summed E-state index contributed by atoms with van der Waals surface area (Å²) in [5.74, 6) is 0.901. The maximum atomic E-state index is 5.59. The highest BCUT2D eigenvalue weighted by Crippen LogP contribution is 2.14. The number of hydrogen-bond acceptors (Lipinski definition) is 2. The van der Waals surface area contributed by atoms with Crippen LogP contribution in [0, 0.1) is 0 Å². The van der Waals surface area contributed by atoms with Crippen molar-refractivity contribution in [2.24, 2.45) is 4.99 Å². The fourth-order valence-corrected chi connectivity index (χ4v) is 1.85. The van der Waals surface area contributed by atoms with Gasteiger partial charge in [0.1, 0.15) is 0 Å². The molecule has 5 heteroatoms. The minimum Gasteiger partial charge on any atom is -0.378 e. The van der Waals surface area contributed by atoms with Gasteiger partial charge in [0.25, 0.3) is 0 Å². The van der Waals surface area contributed by atoms with E-state index in [2.05, 4.69) is 43.3 Å². The summed E-state index contributed by atoms with van der Waals surface area (Å²) in [4.78, 5) is 4.58. The topological polar surface area (TPSA) is 45.7 Å². The van der Waals surface area contributed by atoms with Crippen LogP contribution in [0.25, 0.3) is 0 Å². The second kappa shape index (κ2) is 8.96. The fourth-order valence-electron chi connectivity index (χ4n) is 1.85. The fraction of sp³-hybridized carbons (Fsp3) is 0.923. The van der Waals surface area contributed by atoms with Gasteiger partial charge in [0, 0.05) is 25.2 Å². The van der Waals surface area contributed by atoms with Gasteiger partial charge >= 0.3 is 0 Å². The summed E-state index contributed by atoms with van der Waals surface area (Å²) in [6, 6.07) is 0. The molecular weight excluding hydrogens is 341 g/mol. The maximum absolute atomic E-state index is 5.59. The molecule has 1 fully saturated rings. The summed E-state index contributed by atoms with van der Waals surface area (Å²) >= 11 is 0. The van der Waals surface area contributed by atoms with Crippen molar-refractivity contribution >= 4 is 29.9 Å². The van der Waals surface area contributed by atoms with Crippen LogP contribution in [-0.2, 0) is 4.74 Å². The molecule has 0 amide bonds. The van der Waals surface area contributed by atoms with Crippen LogP contribution in [0.5, 0.6) is 0 Å². The molecule has 0 spiro atoms. The molecule has 0 aliphatic carbocycles. The zero-order valence-electron chi connectivity index (χ0n) is 12.1. The average molecular weight is 369 g/mol. The number of nitrogens with one attached hydrogen (secondary N) is 2. The number of hydrogen-bond donors (Lipinski definition) is 2. The molecule has 1 atom stereocenters. The first-order valence-corrected chi connectivity index (χ1v) is 6.69. The van der Waals surface area contributed by atoms with E-state index in [-0.39, 0.29) is 29.5 Å². The molecule has 0 aromatic rings. The van der Waals surface area contributed by atoms with E-state index >= 15 is 0 Å². The quantitative estimate of drug-likeness (QED) is 0.455. The molecular formula is C13H28IN3O. The van der Waals surface area contributed by atoms with Crippen LogP contribution >= 0.6 is 24.0 Å². The summed E-state index contributed by atoms with van der Waals surface area (Å²) in [7, 11) is 0. The highest BCUT2D eigenvalue weighted by atomic mass is 127. The number of nitrogens with zero attached hydrogens (tertiary/aromatic N) is 1. The Morgan fingerprint density at radius 1 is 1.39 bits per heavy atom. The number of rotatable bonds is 4. The van der Waals surface area contributed by atoms with Crippen LogP contribution in [0.1, 0.15) is 47.0 Å². The van der Waals surface area contributed by atoms with Crippen molar-refractivity contribution in [3.8, 4) is 0 Å². The first kappa shape index (κ1) is 18.0. The van der Waals surface area contributed by atoms with Crippen molar-refractivity contribution in [3.05, 3.63) is 0 Å². The van der Waals surface area contributed by atoms with Gasteiger partial charge in [-0.2, -0.15) is 0 Å². The van der Waals surface area contributed by atoms with Crippen LogP contribution < -0.4 is 10.6 Å². The normalized spacial score (nSPS) is 20.4. The molecule has 1 heterocycles. The van der Waals surface area contributed by atoms with Gasteiger partial charge in [-0.3, -0.25) is 4.99 Å². The zero-order chi connectivity index (χ0) is 12.7. The smallest absolute Gasteiger partial charge is 0.191 e. The third-order valence-corrected chi connectivity index (χ3v) is 2.58. The van der Waals surface area contributed by atoms with Gasteiger partial charge < -0.3 is 15.4 Å². The van der Waals surface area contributed by atoms with Crippen molar-refractivity contribution in [2.45, 2.75) is 58.6 Å². The summed E-state index contributed by atoms with van der Waals surface area (Å²) < 4.78 is 5.59. The van der Waals surface area contributed by atoms with Gasteiger partial charge in [-0.1, -0.05) is 0 Å². The Kier molecular flexibility index (Phi) is 8.94. The third-order valence-electron chi connectivity index (χ3n) is 2.58. The van der Waals surface area contributed by atoms with E-state index in [1.807, 2.05) is 0 Å². The lowest BCUT2D eigenvalue weighted by molar-refractivity contribution is 0.106. The number of aliphatic imine (C=N–C) groups is 1. The first-order chi connectivity index (χ1) is 8.01. The molecule has 1 saturated heterocycles. The van der Waals surface area contributed by atoms with Gasteiger partial charge in [0.2, 0.25) is 0 Å². The second-order valence-corrected chi connectivity index (χ2v) is 5.56.